The summed E-state index contributed by atoms with van der Waals surface area (Å²) in [5.41, 5.74) is 4.10. The van der Waals surface area contributed by atoms with E-state index in [9.17, 15) is 9.59 Å². The van der Waals surface area contributed by atoms with Crippen LogP contribution in [-0.4, -0.2) is 29.3 Å². The van der Waals surface area contributed by atoms with Crippen LogP contribution in [0, 0.1) is 0 Å². The van der Waals surface area contributed by atoms with Crippen molar-refractivity contribution in [2.45, 2.75) is 58.5 Å². The maximum atomic E-state index is 13.7. The zero-order valence-corrected chi connectivity index (χ0v) is 22.5. The molecule has 0 bridgehead atoms. The fourth-order valence-electron chi connectivity index (χ4n) is 4.09. The second-order valence-electron chi connectivity index (χ2n) is 8.92. The summed E-state index contributed by atoms with van der Waals surface area (Å²) in [5.74, 6) is -0.250. The molecule has 3 aromatic carbocycles. The van der Waals surface area contributed by atoms with E-state index in [1.165, 1.54) is 5.56 Å². The number of halogens is 2. The van der Waals surface area contributed by atoms with E-state index in [-0.39, 0.29) is 18.4 Å². The fraction of sp³-hybridized carbons (Fsp3) is 0.333. The first kappa shape index (κ1) is 27.8. The minimum Gasteiger partial charge on any atom is -0.354 e. The molecule has 0 fully saturated rings. The lowest BCUT2D eigenvalue weighted by molar-refractivity contribution is -0.141. The van der Waals surface area contributed by atoms with Gasteiger partial charge in [-0.25, -0.2) is 0 Å². The molecule has 3 aromatic rings. The molecule has 0 aliphatic heterocycles. The molecule has 0 unspecified atom stereocenters. The standard InChI is InChI=1S/C30H34Cl2N2O2/c1-3-18-33-30(36)28(19-24-8-6-5-7-9-24)34(21-25-15-16-26(31)20-27(25)32)29(35)17-14-23-12-10-22(4-2)11-13-23/h5-13,15-16,20,28H,3-4,14,17-19,21H2,1-2H3,(H,33,36)/t28-/m0/s1. The van der Waals surface area contributed by atoms with Gasteiger partial charge in [-0.1, -0.05) is 97.7 Å². The number of benzene rings is 3. The highest BCUT2D eigenvalue weighted by molar-refractivity contribution is 6.35. The first-order valence-electron chi connectivity index (χ1n) is 12.5. The van der Waals surface area contributed by atoms with Gasteiger partial charge in [0, 0.05) is 36.0 Å². The summed E-state index contributed by atoms with van der Waals surface area (Å²) in [7, 11) is 0. The van der Waals surface area contributed by atoms with E-state index >= 15 is 0 Å². The highest BCUT2D eigenvalue weighted by atomic mass is 35.5. The Kier molecular flexibility index (Phi) is 10.8. The largest absolute Gasteiger partial charge is 0.354 e. The van der Waals surface area contributed by atoms with Gasteiger partial charge in [0.15, 0.2) is 0 Å². The fourth-order valence-corrected chi connectivity index (χ4v) is 4.56. The normalized spacial score (nSPS) is 11.7. The summed E-state index contributed by atoms with van der Waals surface area (Å²) >= 11 is 12.6. The van der Waals surface area contributed by atoms with Crippen molar-refractivity contribution in [1.82, 2.24) is 10.2 Å². The molecule has 0 heterocycles. The quantitative estimate of drug-likeness (QED) is 0.288. The van der Waals surface area contributed by atoms with Gasteiger partial charge in [0.2, 0.25) is 11.8 Å². The molecule has 2 amide bonds. The van der Waals surface area contributed by atoms with Gasteiger partial charge < -0.3 is 10.2 Å². The van der Waals surface area contributed by atoms with Crippen molar-refractivity contribution in [1.29, 1.82) is 0 Å². The minimum atomic E-state index is -0.666. The van der Waals surface area contributed by atoms with Crippen molar-refractivity contribution in [3.05, 3.63) is 105 Å². The number of hydrogen-bond donors (Lipinski definition) is 1. The van der Waals surface area contributed by atoms with Gasteiger partial charge in [0.1, 0.15) is 6.04 Å². The Bertz CT molecular complexity index is 1130. The van der Waals surface area contributed by atoms with E-state index in [0.717, 1.165) is 29.5 Å². The zero-order chi connectivity index (χ0) is 25.9. The molecule has 190 valence electrons. The van der Waals surface area contributed by atoms with Gasteiger partial charge in [-0.15, -0.1) is 0 Å². The number of carbonyl (C=O) groups is 2. The monoisotopic (exact) mass is 524 g/mol. The van der Waals surface area contributed by atoms with E-state index in [4.69, 9.17) is 23.2 Å². The van der Waals surface area contributed by atoms with Crippen molar-refractivity contribution in [2.75, 3.05) is 6.54 Å². The van der Waals surface area contributed by atoms with E-state index in [2.05, 4.69) is 36.5 Å². The number of rotatable bonds is 12. The molecule has 0 saturated heterocycles. The lowest BCUT2D eigenvalue weighted by Crippen LogP contribution is -2.50. The highest BCUT2D eigenvalue weighted by Gasteiger charge is 2.30. The molecule has 36 heavy (non-hydrogen) atoms. The summed E-state index contributed by atoms with van der Waals surface area (Å²) in [4.78, 5) is 28.8. The Labute approximate surface area is 224 Å². The molecular weight excluding hydrogens is 491 g/mol. The second kappa shape index (κ2) is 14.1. The van der Waals surface area contributed by atoms with Crippen LogP contribution in [0.15, 0.2) is 72.8 Å². The SMILES string of the molecule is CCCNC(=O)[C@H](Cc1ccccc1)N(Cc1ccc(Cl)cc1Cl)C(=O)CCc1ccc(CC)cc1. The number of hydrogen-bond acceptors (Lipinski definition) is 2. The third-order valence-electron chi connectivity index (χ3n) is 6.23. The van der Waals surface area contributed by atoms with Gasteiger partial charge >= 0.3 is 0 Å². The highest BCUT2D eigenvalue weighted by Crippen LogP contribution is 2.24. The molecule has 3 rings (SSSR count). The maximum absolute atomic E-state index is 13.7. The van der Waals surface area contributed by atoms with Crippen LogP contribution in [0.3, 0.4) is 0 Å². The minimum absolute atomic E-state index is 0.0897. The van der Waals surface area contributed by atoms with Crippen LogP contribution >= 0.6 is 23.2 Å². The van der Waals surface area contributed by atoms with Crippen molar-refractivity contribution < 1.29 is 9.59 Å². The first-order valence-corrected chi connectivity index (χ1v) is 13.3. The van der Waals surface area contributed by atoms with Gasteiger partial charge in [-0.2, -0.15) is 0 Å². The second-order valence-corrected chi connectivity index (χ2v) is 9.77. The molecule has 0 aliphatic rings. The van der Waals surface area contributed by atoms with Crippen LogP contribution in [0.1, 0.15) is 48.9 Å². The molecular formula is C30H34Cl2N2O2. The maximum Gasteiger partial charge on any atom is 0.243 e. The Hall–Kier alpha value is -2.82. The lowest BCUT2D eigenvalue weighted by atomic mass is 10.0. The van der Waals surface area contributed by atoms with Crippen LogP contribution in [-0.2, 0) is 35.4 Å². The zero-order valence-electron chi connectivity index (χ0n) is 21.0. The summed E-state index contributed by atoms with van der Waals surface area (Å²) in [6.45, 7) is 4.90. The third kappa shape index (κ3) is 8.11. The smallest absolute Gasteiger partial charge is 0.243 e. The number of nitrogens with one attached hydrogen (secondary N) is 1. The Morgan fingerprint density at radius 3 is 2.22 bits per heavy atom. The van der Waals surface area contributed by atoms with Crippen molar-refractivity contribution in [3.63, 3.8) is 0 Å². The van der Waals surface area contributed by atoms with Crippen LogP contribution in [0.5, 0.6) is 0 Å². The molecule has 0 aromatic heterocycles. The topological polar surface area (TPSA) is 49.4 Å². The van der Waals surface area contributed by atoms with Crippen LogP contribution in [0.25, 0.3) is 0 Å². The predicted octanol–water partition coefficient (Wildman–Crippen LogP) is 6.65. The summed E-state index contributed by atoms with van der Waals surface area (Å²) in [6.07, 6.45) is 3.10. The van der Waals surface area contributed by atoms with Crippen LogP contribution in [0.2, 0.25) is 10.0 Å². The molecule has 1 N–H and O–H groups in total. The first-order chi connectivity index (χ1) is 17.4. The number of carbonyl (C=O) groups excluding carboxylic acids is 2. The van der Waals surface area contributed by atoms with Gasteiger partial charge in [0.05, 0.1) is 0 Å². The average Bonchev–Trinajstić information content (AvgIpc) is 2.89. The molecule has 0 spiro atoms. The summed E-state index contributed by atoms with van der Waals surface area (Å²) in [6, 6.07) is 22.7. The Morgan fingerprint density at radius 1 is 0.889 bits per heavy atom. The molecule has 6 heteroatoms. The van der Waals surface area contributed by atoms with Crippen molar-refractivity contribution >= 4 is 35.0 Å². The molecule has 1 atom stereocenters. The predicted molar refractivity (Wildman–Crippen MR) is 148 cm³/mol. The van der Waals surface area contributed by atoms with Gasteiger partial charge in [-0.3, -0.25) is 9.59 Å². The molecule has 0 aliphatic carbocycles. The average molecular weight is 526 g/mol. The van der Waals surface area contributed by atoms with E-state index in [0.29, 0.717) is 35.9 Å². The van der Waals surface area contributed by atoms with E-state index in [1.54, 1.807) is 17.0 Å². The van der Waals surface area contributed by atoms with Gasteiger partial charge in [-0.05, 0) is 53.6 Å². The van der Waals surface area contributed by atoms with E-state index < -0.39 is 6.04 Å². The number of aryl methyl sites for hydroxylation is 2. The third-order valence-corrected chi connectivity index (χ3v) is 6.82. The lowest BCUT2D eigenvalue weighted by Gasteiger charge is -2.32. The van der Waals surface area contributed by atoms with Crippen molar-refractivity contribution in [2.24, 2.45) is 0 Å². The number of amides is 2. The van der Waals surface area contributed by atoms with E-state index in [1.807, 2.05) is 43.3 Å². The van der Waals surface area contributed by atoms with Gasteiger partial charge in [0.25, 0.3) is 0 Å². The Balaban J connectivity index is 1.90. The van der Waals surface area contributed by atoms with Crippen LogP contribution < -0.4 is 5.32 Å². The van der Waals surface area contributed by atoms with Crippen LogP contribution in [0.4, 0.5) is 0 Å². The van der Waals surface area contributed by atoms with Crippen molar-refractivity contribution in [3.8, 4) is 0 Å². The summed E-state index contributed by atoms with van der Waals surface area (Å²) in [5, 5.41) is 4.00. The Morgan fingerprint density at radius 2 is 1.58 bits per heavy atom. The number of nitrogens with zero attached hydrogens (tertiary/aromatic N) is 1. The summed E-state index contributed by atoms with van der Waals surface area (Å²) < 4.78 is 0. The molecule has 0 radical (unpaired) electrons. The molecule has 4 nitrogen and oxygen atoms in total. The molecule has 0 saturated carbocycles.